The Morgan fingerprint density at radius 3 is 1.74 bits per heavy atom. The molecule has 3 rings (SSSR count). The number of anilines is 2. The number of fused-ring (bicyclic) bond motifs is 2. The summed E-state index contributed by atoms with van der Waals surface area (Å²) in [4.78, 5) is 72.3. The highest BCUT2D eigenvalue weighted by molar-refractivity contribution is 5.85. The number of nitrogens with zero attached hydrogens (tertiary/aromatic N) is 6. The third-order valence-corrected chi connectivity index (χ3v) is 7.55. The highest BCUT2D eigenvalue weighted by Gasteiger charge is 2.35. The first-order valence-electron chi connectivity index (χ1n) is 15.4. The molecule has 0 atom stereocenters. The summed E-state index contributed by atoms with van der Waals surface area (Å²) in [7, 11) is 1.29. The van der Waals surface area contributed by atoms with E-state index in [2.05, 4.69) is 5.32 Å². The predicted molar refractivity (Wildman–Crippen MR) is 174 cm³/mol. The molecule has 272 valence electrons. The maximum Gasteiger partial charge on any atom is 0.320 e. The van der Waals surface area contributed by atoms with Gasteiger partial charge in [0.1, 0.15) is 11.4 Å². The van der Waals surface area contributed by atoms with Crippen molar-refractivity contribution in [3.63, 3.8) is 0 Å². The molecule has 1 N–H and O–H groups in total. The lowest BCUT2D eigenvalue weighted by molar-refractivity contribution is -0.401. The van der Waals surface area contributed by atoms with E-state index in [1.165, 1.54) is 13.2 Å². The molecule has 0 aliphatic carbocycles. The lowest BCUT2D eigenvalue weighted by Gasteiger charge is -2.26. The molecule has 2 aromatic rings. The van der Waals surface area contributed by atoms with Crippen molar-refractivity contribution in [1.29, 1.82) is 0 Å². The van der Waals surface area contributed by atoms with Crippen LogP contribution in [0.4, 0.5) is 34.1 Å². The number of methoxy groups -OCH3 is 1. The number of non-ortho nitro benzene ring substituents is 1. The monoisotopic (exact) mass is 707 g/mol. The summed E-state index contributed by atoms with van der Waals surface area (Å²) in [5.74, 6) is -0.981. The zero-order chi connectivity index (χ0) is 37.0. The highest BCUT2D eigenvalue weighted by atomic mass is 16.6. The molecule has 0 radical (unpaired) electrons. The second-order valence-electron chi connectivity index (χ2n) is 10.7. The summed E-state index contributed by atoms with van der Waals surface area (Å²) in [6, 6.07) is 2.26. The summed E-state index contributed by atoms with van der Waals surface area (Å²) in [6.45, 7) is 4.33. The lowest BCUT2D eigenvalue weighted by atomic mass is 9.98. The van der Waals surface area contributed by atoms with Gasteiger partial charge in [-0.3, -0.25) is 59.8 Å². The number of nitro groups is 4. The van der Waals surface area contributed by atoms with Crippen molar-refractivity contribution in [1.82, 2.24) is 9.80 Å². The van der Waals surface area contributed by atoms with Gasteiger partial charge in [-0.05, 0) is 38.3 Å². The largest absolute Gasteiger partial charge is 0.496 e. The van der Waals surface area contributed by atoms with Gasteiger partial charge in [0.2, 0.25) is 0 Å². The van der Waals surface area contributed by atoms with Crippen molar-refractivity contribution in [2.75, 3.05) is 78.1 Å². The fourth-order valence-electron chi connectivity index (χ4n) is 5.36. The third-order valence-electron chi connectivity index (χ3n) is 7.55. The Bertz CT molecular complexity index is 1580. The smallest absolute Gasteiger partial charge is 0.320 e. The molecule has 0 saturated carbocycles. The van der Waals surface area contributed by atoms with E-state index in [9.17, 15) is 50.0 Å². The lowest BCUT2D eigenvalue weighted by Crippen LogP contribution is -2.38. The quantitative estimate of drug-likeness (QED) is 0.178. The Balaban J connectivity index is 2.27. The zero-order valence-corrected chi connectivity index (χ0v) is 27.6. The highest BCUT2D eigenvalue weighted by Crippen LogP contribution is 2.45. The van der Waals surface area contributed by atoms with E-state index in [0.29, 0.717) is 17.7 Å². The predicted octanol–water partition coefficient (Wildman–Crippen LogP) is 2.92. The second kappa shape index (κ2) is 18.3. The summed E-state index contributed by atoms with van der Waals surface area (Å²) < 4.78 is 21.6. The van der Waals surface area contributed by atoms with Crippen LogP contribution in [0.25, 0.3) is 0 Å². The number of hydrogen-bond donors (Lipinski definition) is 1. The van der Waals surface area contributed by atoms with Gasteiger partial charge in [-0.2, -0.15) is 0 Å². The van der Waals surface area contributed by atoms with Crippen molar-refractivity contribution in [3.8, 4) is 5.75 Å². The molecule has 21 heteroatoms. The maximum atomic E-state index is 12.7. The standard InChI is InChI=1S/C29H37N7O14/c1-4-49-25(37)17-31-8-6-19-14-22(30-27-23(34(41)42)15-20(33(39)40)16-24(27)35(43)44)28(36(45)46)21(29(19)47-3)7-9-32(11-13-48-12-10-31)18-26(38)50-5-2/h14-16,30H,4-13,17-18H2,1-3H3. The van der Waals surface area contributed by atoms with Gasteiger partial charge in [-0.25, -0.2) is 0 Å². The van der Waals surface area contributed by atoms with Gasteiger partial charge in [-0.1, -0.05) is 0 Å². The number of ether oxygens (including phenoxy) is 4. The first kappa shape index (κ1) is 38.9. The average Bonchev–Trinajstić information content (AvgIpc) is 3.04. The van der Waals surface area contributed by atoms with Gasteiger partial charge < -0.3 is 24.3 Å². The molecule has 50 heavy (non-hydrogen) atoms. The van der Waals surface area contributed by atoms with Crippen LogP contribution in [0, 0.1) is 40.5 Å². The number of benzene rings is 2. The van der Waals surface area contributed by atoms with Gasteiger partial charge in [0.25, 0.3) is 11.4 Å². The minimum Gasteiger partial charge on any atom is -0.496 e. The van der Waals surface area contributed by atoms with Crippen molar-refractivity contribution < 1.29 is 48.2 Å². The summed E-state index contributed by atoms with van der Waals surface area (Å²) >= 11 is 0. The third kappa shape index (κ3) is 10.2. The van der Waals surface area contributed by atoms with E-state index in [0.717, 1.165) is 0 Å². The number of carbonyl (C=O) groups is 2. The second-order valence-corrected chi connectivity index (χ2v) is 10.7. The number of carbonyl (C=O) groups excluding carboxylic acids is 2. The minimum atomic E-state index is -1.08. The Morgan fingerprint density at radius 2 is 1.30 bits per heavy atom. The zero-order valence-electron chi connectivity index (χ0n) is 27.6. The van der Waals surface area contributed by atoms with Crippen molar-refractivity contribution in [2.45, 2.75) is 26.7 Å². The van der Waals surface area contributed by atoms with Crippen LogP contribution in [-0.4, -0.2) is 114 Å². The molecule has 0 spiro atoms. The van der Waals surface area contributed by atoms with Gasteiger partial charge in [0.05, 0.1) is 84.0 Å². The number of nitro benzene ring substituents is 4. The fourth-order valence-corrected chi connectivity index (χ4v) is 5.36. The average molecular weight is 708 g/mol. The van der Waals surface area contributed by atoms with Crippen LogP contribution >= 0.6 is 0 Å². The van der Waals surface area contributed by atoms with E-state index in [-0.39, 0.29) is 89.9 Å². The van der Waals surface area contributed by atoms with Gasteiger partial charge in [0, 0.05) is 26.2 Å². The van der Waals surface area contributed by atoms with Crippen LogP contribution in [0.5, 0.6) is 5.75 Å². The molecule has 0 amide bonds. The van der Waals surface area contributed by atoms with Gasteiger partial charge in [-0.15, -0.1) is 0 Å². The van der Waals surface area contributed by atoms with Crippen LogP contribution in [0.1, 0.15) is 25.0 Å². The van der Waals surface area contributed by atoms with E-state index in [4.69, 9.17) is 18.9 Å². The van der Waals surface area contributed by atoms with Crippen LogP contribution < -0.4 is 10.1 Å². The van der Waals surface area contributed by atoms with E-state index < -0.39 is 65.8 Å². The summed E-state index contributed by atoms with van der Waals surface area (Å²) in [5, 5.41) is 50.6. The number of rotatable bonds is 13. The summed E-state index contributed by atoms with van der Waals surface area (Å²) in [6.07, 6.45) is -0.0162. The molecular formula is C29H37N7O14. The molecule has 2 bridgehead atoms. The molecule has 0 unspecified atom stereocenters. The molecule has 0 saturated heterocycles. The molecular weight excluding hydrogens is 670 g/mol. The van der Waals surface area contributed by atoms with Crippen molar-refractivity contribution in [2.24, 2.45) is 0 Å². The normalized spacial score (nSPS) is 14.5. The van der Waals surface area contributed by atoms with Crippen LogP contribution in [0.15, 0.2) is 18.2 Å². The number of nitrogens with one attached hydrogen (secondary N) is 1. The Kier molecular flexibility index (Phi) is 14.2. The van der Waals surface area contributed by atoms with E-state index in [1.54, 1.807) is 23.6 Å². The van der Waals surface area contributed by atoms with Crippen molar-refractivity contribution >= 4 is 46.1 Å². The molecule has 21 nitrogen and oxygen atoms in total. The molecule has 1 heterocycles. The molecule has 2 aromatic carbocycles. The molecule has 1 aliphatic heterocycles. The Labute approximate surface area is 284 Å². The first-order chi connectivity index (χ1) is 23.8. The summed E-state index contributed by atoms with van der Waals surface area (Å²) in [5.41, 5.74) is -4.62. The van der Waals surface area contributed by atoms with E-state index >= 15 is 0 Å². The SMILES string of the molecule is CCOC(=O)CN1CCOCCN(CC(=O)OCC)CCc2c(OC)c(cc(Nc3c([N+](=O)[O-])cc([N+](=O)[O-])cc3[N+](=O)[O-])c2[N+](=O)[O-])CC1. The van der Waals surface area contributed by atoms with E-state index in [1.807, 2.05) is 0 Å². The fraction of sp³-hybridized carbons (Fsp3) is 0.517. The topological polar surface area (TPSA) is 262 Å². The van der Waals surface area contributed by atoms with Gasteiger partial charge in [0.15, 0.2) is 5.69 Å². The van der Waals surface area contributed by atoms with Crippen LogP contribution in [0.3, 0.4) is 0 Å². The number of hydrogen-bond acceptors (Lipinski definition) is 17. The van der Waals surface area contributed by atoms with Gasteiger partial charge >= 0.3 is 23.3 Å². The number of esters is 2. The minimum absolute atomic E-state index is 0.00602. The molecule has 0 aromatic heterocycles. The maximum absolute atomic E-state index is 12.7. The Hall–Kier alpha value is -5.54. The van der Waals surface area contributed by atoms with Crippen LogP contribution in [0.2, 0.25) is 0 Å². The Morgan fingerprint density at radius 1 is 0.780 bits per heavy atom. The first-order valence-corrected chi connectivity index (χ1v) is 15.4. The van der Waals surface area contributed by atoms with Crippen molar-refractivity contribution in [3.05, 3.63) is 69.8 Å². The molecule has 0 fully saturated rings. The van der Waals surface area contributed by atoms with Crippen LogP contribution in [-0.2, 0) is 36.6 Å². The molecule has 1 aliphatic rings.